The average Bonchev–Trinajstić information content (AvgIpc) is 3.17. The monoisotopic (exact) mass is 477 g/mol. The molecule has 178 valence electrons. The van der Waals surface area contributed by atoms with E-state index in [-0.39, 0.29) is 24.0 Å². The fourth-order valence-corrected chi connectivity index (χ4v) is 4.31. The maximum absolute atomic E-state index is 12.6. The summed E-state index contributed by atoms with van der Waals surface area (Å²) in [7, 11) is 0. The summed E-state index contributed by atoms with van der Waals surface area (Å²) in [6.07, 6.45) is 2.63. The van der Waals surface area contributed by atoms with Crippen LogP contribution in [0, 0.1) is 20.8 Å². The van der Waals surface area contributed by atoms with Crippen molar-refractivity contribution in [2.24, 2.45) is 0 Å². The van der Waals surface area contributed by atoms with E-state index in [4.69, 9.17) is 0 Å². The number of hydrogen-bond donors (Lipinski definition) is 2. The highest BCUT2D eigenvalue weighted by Crippen LogP contribution is 2.23. The number of aryl methyl sites for hydroxylation is 4. The van der Waals surface area contributed by atoms with Gasteiger partial charge in [0.05, 0.1) is 12.2 Å². The van der Waals surface area contributed by atoms with Gasteiger partial charge in [0.15, 0.2) is 5.16 Å². The Labute approximate surface area is 205 Å². The van der Waals surface area contributed by atoms with Crippen LogP contribution in [0.2, 0.25) is 0 Å². The number of allylic oxidation sites excluding steroid dienone is 1. The molecule has 0 radical (unpaired) electrons. The van der Waals surface area contributed by atoms with Crippen molar-refractivity contribution < 1.29 is 9.59 Å². The van der Waals surface area contributed by atoms with Crippen molar-refractivity contribution in [1.82, 2.24) is 14.8 Å². The van der Waals surface area contributed by atoms with E-state index in [1.165, 1.54) is 17.3 Å². The first kappa shape index (κ1) is 25.2. The van der Waals surface area contributed by atoms with Crippen LogP contribution in [0.4, 0.5) is 11.4 Å². The van der Waals surface area contributed by atoms with Crippen molar-refractivity contribution in [2.45, 2.75) is 52.2 Å². The van der Waals surface area contributed by atoms with Crippen LogP contribution < -0.4 is 10.6 Å². The summed E-state index contributed by atoms with van der Waals surface area (Å²) in [5.41, 5.74) is 6.03. The molecule has 0 saturated carbocycles. The molecule has 0 aliphatic heterocycles. The standard InChI is InChI=1S/C26H31N5O2S/c1-6-13-31-22(15-23(32)27-21-12-11-17(3)19(5)14-21)29-30-26(31)34-16-24(33)28-25-18(4)9-8-10-20(25)7-2/h6,8-12,14H,1,7,13,15-16H2,2-5H3,(H,27,32)(H,28,33). The second kappa shape index (κ2) is 11.7. The van der Waals surface area contributed by atoms with Gasteiger partial charge in [0.2, 0.25) is 11.8 Å². The molecule has 3 aromatic rings. The molecule has 1 aromatic heterocycles. The summed E-state index contributed by atoms with van der Waals surface area (Å²) in [5, 5.41) is 14.9. The van der Waals surface area contributed by atoms with Crippen LogP contribution >= 0.6 is 11.8 Å². The molecule has 0 fully saturated rings. The van der Waals surface area contributed by atoms with Crippen molar-refractivity contribution in [1.29, 1.82) is 0 Å². The molecule has 34 heavy (non-hydrogen) atoms. The van der Waals surface area contributed by atoms with Gasteiger partial charge in [-0.1, -0.05) is 49.0 Å². The molecule has 2 aromatic carbocycles. The molecule has 0 aliphatic rings. The van der Waals surface area contributed by atoms with E-state index in [1.54, 1.807) is 6.08 Å². The Morgan fingerprint density at radius 2 is 1.82 bits per heavy atom. The van der Waals surface area contributed by atoms with Crippen LogP contribution in [0.5, 0.6) is 0 Å². The van der Waals surface area contributed by atoms with E-state index in [0.29, 0.717) is 17.5 Å². The number of carbonyl (C=O) groups excluding carboxylic acids is 2. The second-order valence-corrected chi connectivity index (χ2v) is 9.06. The van der Waals surface area contributed by atoms with E-state index in [1.807, 2.05) is 61.7 Å². The van der Waals surface area contributed by atoms with E-state index in [2.05, 4.69) is 34.3 Å². The Morgan fingerprint density at radius 1 is 1.03 bits per heavy atom. The summed E-state index contributed by atoms with van der Waals surface area (Å²) >= 11 is 1.29. The Balaban J connectivity index is 1.65. The maximum Gasteiger partial charge on any atom is 0.234 e. The third-order valence-electron chi connectivity index (χ3n) is 5.55. The van der Waals surface area contributed by atoms with Crippen LogP contribution in [-0.2, 0) is 29.0 Å². The minimum Gasteiger partial charge on any atom is -0.326 e. The molecule has 7 nitrogen and oxygen atoms in total. The van der Waals surface area contributed by atoms with E-state index in [9.17, 15) is 9.59 Å². The van der Waals surface area contributed by atoms with Crippen LogP contribution in [-0.4, -0.2) is 32.3 Å². The molecule has 0 saturated heterocycles. The quantitative estimate of drug-likeness (QED) is 0.321. The molecule has 0 unspecified atom stereocenters. The lowest BCUT2D eigenvalue weighted by atomic mass is 10.1. The Kier molecular flexibility index (Phi) is 8.65. The molecule has 3 rings (SSSR count). The van der Waals surface area contributed by atoms with Gasteiger partial charge >= 0.3 is 0 Å². The SMILES string of the molecule is C=CCn1c(CC(=O)Nc2ccc(C)c(C)c2)nnc1SCC(=O)Nc1c(C)cccc1CC. The topological polar surface area (TPSA) is 88.9 Å². The van der Waals surface area contributed by atoms with Crippen molar-refractivity contribution >= 4 is 35.0 Å². The van der Waals surface area contributed by atoms with Crippen LogP contribution in [0.3, 0.4) is 0 Å². The van der Waals surface area contributed by atoms with E-state index < -0.39 is 0 Å². The number of nitrogens with zero attached hydrogens (tertiary/aromatic N) is 3. The van der Waals surface area contributed by atoms with E-state index in [0.717, 1.165) is 34.5 Å². The summed E-state index contributed by atoms with van der Waals surface area (Å²) in [5.74, 6) is 0.413. The molecule has 0 bridgehead atoms. The Morgan fingerprint density at radius 3 is 2.53 bits per heavy atom. The first-order valence-corrected chi connectivity index (χ1v) is 12.2. The largest absolute Gasteiger partial charge is 0.326 e. The number of nitrogens with one attached hydrogen (secondary N) is 2. The van der Waals surface area contributed by atoms with Crippen molar-refractivity contribution in [3.63, 3.8) is 0 Å². The number of benzene rings is 2. The number of carbonyl (C=O) groups is 2. The summed E-state index contributed by atoms with van der Waals surface area (Å²) in [6, 6.07) is 11.8. The Bertz CT molecular complexity index is 1200. The van der Waals surface area contributed by atoms with Crippen molar-refractivity contribution in [2.75, 3.05) is 16.4 Å². The predicted molar refractivity (Wildman–Crippen MR) is 138 cm³/mol. The summed E-state index contributed by atoms with van der Waals surface area (Å²) < 4.78 is 1.82. The summed E-state index contributed by atoms with van der Waals surface area (Å²) in [4.78, 5) is 25.3. The zero-order valence-corrected chi connectivity index (χ0v) is 21.0. The van der Waals surface area contributed by atoms with Gasteiger partial charge in [0.1, 0.15) is 5.82 Å². The molecule has 0 aliphatic carbocycles. The highest BCUT2D eigenvalue weighted by atomic mass is 32.2. The third-order valence-corrected chi connectivity index (χ3v) is 6.52. The van der Waals surface area contributed by atoms with E-state index >= 15 is 0 Å². The smallest absolute Gasteiger partial charge is 0.234 e. The molecular weight excluding hydrogens is 446 g/mol. The molecule has 2 N–H and O–H groups in total. The van der Waals surface area contributed by atoms with Gasteiger partial charge in [-0.15, -0.1) is 16.8 Å². The number of hydrogen-bond acceptors (Lipinski definition) is 5. The molecular formula is C26H31N5O2S. The molecule has 0 atom stereocenters. The van der Waals surface area contributed by atoms with Gasteiger partial charge in [0.25, 0.3) is 0 Å². The number of amides is 2. The predicted octanol–water partition coefficient (Wildman–Crippen LogP) is 4.86. The van der Waals surface area contributed by atoms with Gasteiger partial charge in [-0.3, -0.25) is 9.59 Å². The average molecular weight is 478 g/mol. The van der Waals surface area contributed by atoms with Gasteiger partial charge in [0, 0.05) is 17.9 Å². The number of thioether (sulfide) groups is 1. The lowest BCUT2D eigenvalue weighted by Gasteiger charge is -2.13. The minimum absolute atomic E-state index is 0.0730. The van der Waals surface area contributed by atoms with Gasteiger partial charge in [-0.25, -0.2) is 0 Å². The lowest BCUT2D eigenvalue weighted by molar-refractivity contribution is -0.116. The third kappa shape index (κ3) is 6.35. The lowest BCUT2D eigenvalue weighted by Crippen LogP contribution is -2.18. The number of rotatable bonds is 10. The zero-order chi connectivity index (χ0) is 24.7. The van der Waals surface area contributed by atoms with Gasteiger partial charge < -0.3 is 15.2 Å². The minimum atomic E-state index is -0.179. The fourth-order valence-electron chi connectivity index (χ4n) is 3.54. The zero-order valence-electron chi connectivity index (χ0n) is 20.1. The van der Waals surface area contributed by atoms with Crippen LogP contribution in [0.25, 0.3) is 0 Å². The second-order valence-electron chi connectivity index (χ2n) is 8.12. The molecule has 0 spiro atoms. The normalized spacial score (nSPS) is 10.7. The van der Waals surface area contributed by atoms with Crippen molar-refractivity contribution in [3.8, 4) is 0 Å². The van der Waals surface area contributed by atoms with Crippen molar-refractivity contribution in [3.05, 3.63) is 77.1 Å². The Hall–Kier alpha value is -3.39. The summed E-state index contributed by atoms with van der Waals surface area (Å²) in [6.45, 7) is 12.3. The highest BCUT2D eigenvalue weighted by molar-refractivity contribution is 7.99. The molecule has 2 amide bonds. The first-order chi connectivity index (χ1) is 16.3. The van der Waals surface area contributed by atoms with Gasteiger partial charge in [-0.05, 0) is 61.6 Å². The number of aromatic nitrogens is 3. The maximum atomic E-state index is 12.6. The molecule has 8 heteroatoms. The number of anilines is 2. The van der Waals surface area contributed by atoms with Crippen LogP contribution in [0.15, 0.2) is 54.2 Å². The van der Waals surface area contributed by atoms with Crippen LogP contribution in [0.1, 0.15) is 35.0 Å². The van der Waals surface area contributed by atoms with Gasteiger partial charge in [-0.2, -0.15) is 0 Å². The molecule has 1 heterocycles. The fraction of sp³-hybridized carbons (Fsp3) is 0.308. The first-order valence-electron chi connectivity index (χ1n) is 11.2. The number of para-hydroxylation sites is 1. The highest BCUT2D eigenvalue weighted by Gasteiger charge is 2.17.